The quantitative estimate of drug-likeness (QED) is 0.859. The fourth-order valence-corrected chi connectivity index (χ4v) is 2.56. The molecule has 2 N–H and O–H groups in total. The first-order chi connectivity index (χ1) is 9.52. The first-order valence-electron chi connectivity index (χ1n) is 6.10. The van der Waals surface area contributed by atoms with Crippen LogP contribution in [0.2, 0.25) is 10.0 Å². The molecule has 106 valence electrons. The summed E-state index contributed by atoms with van der Waals surface area (Å²) in [6.07, 6.45) is 0. The molecule has 0 atom stereocenters. The molecule has 0 aliphatic rings. The maximum absolute atomic E-state index is 6.05. The minimum absolute atomic E-state index is 0.414. The van der Waals surface area contributed by atoms with Crippen LogP contribution in [0, 0.1) is 0 Å². The van der Waals surface area contributed by atoms with E-state index in [9.17, 15) is 0 Å². The molecule has 2 aromatic rings. The molecule has 0 unspecified atom stereocenters. The number of para-hydroxylation sites is 2. The molecule has 0 aliphatic carbocycles. The van der Waals surface area contributed by atoms with Crippen molar-refractivity contribution in [2.75, 3.05) is 24.8 Å². The van der Waals surface area contributed by atoms with Gasteiger partial charge in [-0.05, 0) is 29.8 Å². The Morgan fingerprint density at radius 3 is 2.35 bits per heavy atom. The van der Waals surface area contributed by atoms with E-state index in [1.54, 1.807) is 7.11 Å². The van der Waals surface area contributed by atoms with Crippen molar-refractivity contribution in [1.82, 2.24) is 0 Å². The Hall–Kier alpha value is -1.58. The molecule has 0 saturated carbocycles. The van der Waals surface area contributed by atoms with Gasteiger partial charge in [-0.25, -0.2) is 0 Å². The lowest BCUT2D eigenvalue weighted by Gasteiger charge is -2.22. The van der Waals surface area contributed by atoms with Crippen LogP contribution in [-0.4, -0.2) is 14.2 Å². The fourth-order valence-electron chi connectivity index (χ4n) is 2.03. The van der Waals surface area contributed by atoms with Crippen LogP contribution >= 0.6 is 23.2 Å². The maximum atomic E-state index is 6.05. The van der Waals surface area contributed by atoms with E-state index in [1.165, 1.54) is 0 Å². The molecule has 0 radical (unpaired) electrons. The number of benzene rings is 2. The first-order valence-corrected chi connectivity index (χ1v) is 6.86. The summed E-state index contributed by atoms with van der Waals surface area (Å²) in [5, 5.41) is 0.946. The number of rotatable bonds is 4. The predicted molar refractivity (Wildman–Crippen MR) is 86.0 cm³/mol. The Morgan fingerprint density at radius 1 is 1.15 bits per heavy atom. The third kappa shape index (κ3) is 3.11. The molecule has 0 amide bonds. The number of anilines is 2. The first kappa shape index (κ1) is 14.8. The summed E-state index contributed by atoms with van der Waals surface area (Å²) in [6.45, 7) is 0.653. The van der Waals surface area contributed by atoms with Gasteiger partial charge in [-0.15, -0.1) is 0 Å². The summed E-state index contributed by atoms with van der Waals surface area (Å²) < 4.78 is 5.36. The summed E-state index contributed by atoms with van der Waals surface area (Å²) in [4.78, 5) is 2.07. The van der Waals surface area contributed by atoms with Gasteiger partial charge in [0.05, 0.1) is 28.5 Å². The zero-order chi connectivity index (χ0) is 14.7. The molecule has 5 heteroatoms. The third-order valence-electron chi connectivity index (χ3n) is 3.06. The van der Waals surface area contributed by atoms with E-state index in [0.717, 1.165) is 17.0 Å². The van der Waals surface area contributed by atoms with Crippen molar-refractivity contribution >= 4 is 34.6 Å². The van der Waals surface area contributed by atoms with E-state index in [4.69, 9.17) is 33.7 Å². The van der Waals surface area contributed by atoms with Gasteiger partial charge >= 0.3 is 0 Å². The summed E-state index contributed by atoms with van der Waals surface area (Å²) in [5.41, 5.74) is 8.14. The van der Waals surface area contributed by atoms with Crippen LogP contribution in [0.4, 0.5) is 11.4 Å². The Labute approximate surface area is 128 Å². The highest BCUT2D eigenvalue weighted by Crippen LogP contribution is 2.31. The Balaban J connectivity index is 2.25. The monoisotopic (exact) mass is 310 g/mol. The molecule has 0 saturated heterocycles. The highest BCUT2D eigenvalue weighted by molar-refractivity contribution is 6.38. The van der Waals surface area contributed by atoms with Crippen molar-refractivity contribution in [3.63, 3.8) is 0 Å². The van der Waals surface area contributed by atoms with Crippen molar-refractivity contribution in [2.45, 2.75) is 6.54 Å². The van der Waals surface area contributed by atoms with Gasteiger partial charge in [-0.3, -0.25) is 0 Å². The molecule has 3 nitrogen and oxygen atoms in total. The van der Waals surface area contributed by atoms with Gasteiger partial charge < -0.3 is 15.4 Å². The van der Waals surface area contributed by atoms with Crippen molar-refractivity contribution in [2.24, 2.45) is 0 Å². The standard InChI is InChI=1S/C15H16Cl2N2O/c1-19(13-5-3-4-6-14(13)20-2)9-10-7-11(16)15(18)12(17)8-10/h3-8H,9,18H2,1-2H3. The lowest BCUT2D eigenvalue weighted by molar-refractivity contribution is 0.415. The van der Waals surface area contributed by atoms with Crippen LogP contribution in [-0.2, 0) is 6.54 Å². The molecule has 0 aliphatic heterocycles. The van der Waals surface area contributed by atoms with Crippen LogP contribution in [0.1, 0.15) is 5.56 Å². The van der Waals surface area contributed by atoms with Crippen LogP contribution in [0.25, 0.3) is 0 Å². The smallest absolute Gasteiger partial charge is 0.142 e. The van der Waals surface area contributed by atoms with E-state index in [-0.39, 0.29) is 0 Å². The van der Waals surface area contributed by atoms with Gasteiger partial charge in [0.25, 0.3) is 0 Å². The minimum Gasteiger partial charge on any atom is -0.495 e. The highest BCUT2D eigenvalue weighted by atomic mass is 35.5. The average Bonchev–Trinajstić information content (AvgIpc) is 2.44. The summed E-state index contributed by atoms with van der Waals surface area (Å²) >= 11 is 12.1. The molecule has 0 spiro atoms. The van der Waals surface area contributed by atoms with Gasteiger partial charge in [0.15, 0.2) is 0 Å². The predicted octanol–water partition coefficient (Wildman–Crippen LogP) is 4.22. The van der Waals surface area contributed by atoms with Crippen molar-refractivity contribution in [3.05, 3.63) is 52.0 Å². The number of nitrogens with two attached hydrogens (primary N) is 1. The molecule has 0 fully saturated rings. The minimum atomic E-state index is 0.414. The Kier molecular flexibility index (Phi) is 4.63. The van der Waals surface area contributed by atoms with Crippen molar-refractivity contribution in [3.8, 4) is 5.75 Å². The number of halogens is 2. The molecule has 0 bridgehead atoms. The van der Waals surface area contributed by atoms with Crippen LogP contribution < -0.4 is 15.4 Å². The van der Waals surface area contributed by atoms with E-state index in [2.05, 4.69) is 4.90 Å². The van der Waals surface area contributed by atoms with Gasteiger partial charge in [-0.1, -0.05) is 35.3 Å². The van der Waals surface area contributed by atoms with E-state index in [0.29, 0.717) is 22.3 Å². The van der Waals surface area contributed by atoms with Crippen LogP contribution in [0.3, 0.4) is 0 Å². The molecule has 2 aromatic carbocycles. The number of hydrogen-bond donors (Lipinski definition) is 1. The largest absolute Gasteiger partial charge is 0.495 e. The number of hydrogen-bond acceptors (Lipinski definition) is 3. The molecule has 0 aromatic heterocycles. The van der Waals surface area contributed by atoms with Crippen molar-refractivity contribution < 1.29 is 4.74 Å². The van der Waals surface area contributed by atoms with Gasteiger partial charge in [0, 0.05) is 13.6 Å². The van der Waals surface area contributed by atoms with Crippen molar-refractivity contribution in [1.29, 1.82) is 0 Å². The van der Waals surface area contributed by atoms with E-state index >= 15 is 0 Å². The third-order valence-corrected chi connectivity index (χ3v) is 3.68. The zero-order valence-electron chi connectivity index (χ0n) is 11.4. The van der Waals surface area contributed by atoms with E-state index in [1.807, 2.05) is 43.4 Å². The Bertz CT molecular complexity index is 594. The average molecular weight is 311 g/mol. The number of nitrogen functional groups attached to an aromatic ring is 1. The second kappa shape index (κ2) is 6.25. The lowest BCUT2D eigenvalue weighted by atomic mass is 10.2. The van der Waals surface area contributed by atoms with Gasteiger partial charge in [-0.2, -0.15) is 0 Å². The van der Waals surface area contributed by atoms with Gasteiger partial charge in [0.1, 0.15) is 5.75 Å². The molecule has 0 heterocycles. The van der Waals surface area contributed by atoms with E-state index < -0.39 is 0 Å². The van der Waals surface area contributed by atoms with Gasteiger partial charge in [0.2, 0.25) is 0 Å². The number of nitrogens with zero attached hydrogens (tertiary/aromatic N) is 1. The Morgan fingerprint density at radius 2 is 1.75 bits per heavy atom. The summed E-state index contributed by atoms with van der Waals surface area (Å²) in [7, 11) is 3.64. The second-order valence-corrected chi connectivity index (χ2v) is 5.32. The summed E-state index contributed by atoms with van der Waals surface area (Å²) in [5.74, 6) is 0.822. The molecular formula is C15H16Cl2N2O. The normalized spacial score (nSPS) is 10.4. The lowest BCUT2D eigenvalue weighted by Crippen LogP contribution is -2.17. The van der Waals surface area contributed by atoms with Crippen LogP contribution in [0.5, 0.6) is 5.75 Å². The molecule has 20 heavy (non-hydrogen) atoms. The zero-order valence-corrected chi connectivity index (χ0v) is 12.9. The highest BCUT2D eigenvalue weighted by Gasteiger charge is 2.10. The fraction of sp³-hybridized carbons (Fsp3) is 0.200. The number of ether oxygens (including phenoxy) is 1. The maximum Gasteiger partial charge on any atom is 0.142 e. The molecule has 2 rings (SSSR count). The summed E-state index contributed by atoms with van der Waals surface area (Å²) in [6, 6.07) is 11.5. The SMILES string of the molecule is COc1ccccc1N(C)Cc1cc(Cl)c(N)c(Cl)c1. The number of methoxy groups -OCH3 is 1. The van der Waals surface area contributed by atoms with Crippen LogP contribution in [0.15, 0.2) is 36.4 Å². The topological polar surface area (TPSA) is 38.5 Å². The second-order valence-electron chi connectivity index (χ2n) is 4.50. The molecular weight excluding hydrogens is 295 g/mol.